The molecule has 1 aliphatic rings. The van der Waals surface area contributed by atoms with Gasteiger partial charge < -0.3 is 10.6 Å². The van der Waals surface area contributed by atoms with E-state index in [-0.39, 0.29) is 11.4 Å². The molecule has 0 radical (unpaired) electrons. The zero-order valence-corrected chi connectivity index (χ0v) is 15.5. The van der Waals surface area contributed by atoms with E-state index in [1.54, 1.807) is 6.07 Å². The maximum Gasteiger partial charge on any atom is 0.128 e. The lowest BCUT2D eigenvalue weighted by molar-refractivity contribution is 0.214. The molecule has 2 nitrogen and oxygen atoms in total. The topological polar surface area (TPSA) is 24.1 Å². The van der Waals surface area contributed by atoms with Crippen molar-refractivity contribution in [1.29, 1.82) is 0 Å². The third kappa shape index (κ3) is 4.47. The van der Waals surface area contributed by atoms with E-state index in [0.29, 0.717) is 5.41 Å². The highest BCUT2D eigenvalue weighted by atomic mass is 19.1. The van der Waals surface area contributed by atoms with Crippen molar-refractivity contribution in [3.63, 3.8) is 0 Å². The highest BCUT2D eigenvalue weighted by Gasteiger charge is 2.37. The van der Waals surface area contributed by atoms with E-state index in [0.717, 1.165) is 37.2 Å². The molecule has 2 rings (SSSR count). The molecule has 1 aromatic carbocycles. The van der Waals surface area contributed by atoms with Gasteiger partial charge in [-0.25, -0.2) is 4.39 Å². The first kappa shape index (κ1) is 18.3. The van der Waals surface area contributed by atoms with Gasteiger partial charge in [0.05, 0.1) is 0 Å². The lowest BCUT2D eigenvalue weighted by atomic mass is 9.76. The molecule has 0 bridgehead atoms. The van der Waals surface area contributed by atoms with E-state index in [1.165, 1.54) is 24.8 Å². The molecule has 2 N–H and O–H groups in total. The number of halogens is 1. The van der Waals surface area contributed by atoms with Crippen molar-refractivity contribution in [2.24, 2.45) is 5.41 Å². The summed E-state index contributed by atoms with van der Waals surface area (Å²) in [5.41, 5.74) is 3.34. The zero-order valence-electron chi connectivity index (χ0n) is 15.5. The third-order valence-electron chi connectivity index (χ3n) is 5.49. The molecule has 1 atom stereocenters. The van der Waals surface area contributed by atoms with Gasteiger partial charge in [0, 0.05) is 17.8 Å². The Labute approximate surface area is 141 Å². The van der Waals surface area contributed by atoms with Crippen LogP contribution in [-0.4, -0.2) is 18.6 Å². The number of rotatable bonds is 7. The monoisotopic (exact) mass is 320 g/mol. The fourth-order valence-corrected chi connectivity index (χ4v) is 3.74. The second-order valence-electron chi connectivity index (χ2n) is 7.97. The summed E-state index contributed by atoms with van der Waals surface area (Å²) in [4.78, 5) is 0. The Morgan fingerprint density at radius 3 is 2.61 bits per heavy atom. The molecule has 0 saturated carbocycles. The summed E-state index contributed by atoms with van der Waals surface area (Å²) in [6.07, 6.45) is 5.67. The van der Waals surface area contributed by atoms with Crippen LogP contribution in [0.3, 0.4) is 0 Å². The molecule has 1 fully saturated rings. The summed E-state index contributed by atoms with van der Waals surface area (Å²) < 4.78 is 14.0. The average molecular weight is 320 g/mol. The van der Waals surface area contributed by atoms with E-state index in [1.807, 2.05) is 13.0 Å². The Morgan fingerprint density at radius 1 is 1.30 bits per heavy atom. The number of nitrogens with one attached hydrogen (secondary N) is 2. The quantitative estimate of drug-likeness (QED) is 0.734. The van der Waals surface area contributed by atoms with Crippen LogP contribution in [0, 0.1) is 18.2 Å². The van der Waals surface area contributed by atoms with Gasteiger partial charge in [-0.3, -0.25) is 0 Å². The van der Waals surface area contributed by atoms with Gasteiger partial charge in [-0.15, -0.1) is 0 Å². The zero-order chi connectivity index (χ0) is 17.1. The van der Waals surface area contributed by atoms with Crippen LogP contribution in [0.5, 0.6) is 0 Å². The van der Waals surface area contributed by atoms with Gasteiger partial charge in [-0.05, 0) is 61.8 Å². The van der Waals surface area contributed by atoms with Gasteiger partial charge in [-0.2, -0.15) is 0 Å². The Bertz CT molecular complexity index is 531. The van der Waals surface area contributed by atoms with E-state index >= 15 is 0 Å². The summed E-state index contributed by atoms with van der Waals surface area (Å²) in [7, 11) is 0. The molecule has 1 aromatic rings. The van der Waals surface area contributed by atoms with E-state index in [9.17, 15) is 4.39 Å². The van der Waals surface area contributed by atoms with Crippen molar-refractivity contribution < 1.29 is 4.39 Å². The van der Waals surface area contributed by atoms with Crippen LogP contribution in [-0.2, 0) is 6.42 Å². The Kier molecular flexibility index (Phi) is 5.72. The van der Waals surface area contributed by atoms with Gasteiger partial charge >= 0.3 is 0 Å². The first-order valence-electron chi connectivity index (χ1n) is 9.09. The predicted octanol–water partition coefficient (Wildman–Crippen LogP) is 5.06. The summed E-state index contributed by atoms with van der Waals surface area (Å²) in [5, 5.41) is 7.30. The summed E-state index contributed by atoms with van der Waals surface area (Å²) in [5.74, 6) is -0.119. The number of hydrogen-bond donors (Lipinski definition) is 2. The van der Waals surface area contributed by atoms with Crippen LogP contribution in [0.15, 0.2) is 12.1 Å². The highest BCUT2D eigenvalue weighted by Crippen LogP contribution is 2.36. The van der Waals surface area contributed by atoms with Gasteiger partial charge in [0.2, 0.25) is 0 Å². The number of aryl methyl sites for hydroxylation is 2. The molecule has 1 unspecified atom stereocenters. The van der Waals surface area contributed by atoms with E-state index in [2.05, 4.69) is 38.3 Å². The maximum atomic E-state index is 14.0. The molecule has 0 spiro atoms. The molecular weight excluding hydrogens is 287 g/mol. The van der Waals surface area contributed by atoms with Crippen molar-refractivity contribution >= 4 is 5.69 Å². The van der Waals surface area contributed by atoms with Crippen LogP contribution >= 0.6 is 0 Å². The molecule has 0 amide bonds. The average Bonchev–Trinajstić information content (AvgIpc) is 2.96. The third-order valence-corrected chi connectivity index (χ3v) is 5.49. The Balaban J connectivity index is 2.15. The molecule has 1 aliphatic heterocycles. The second-order valence-corrected chi connectivity index (χ2v) is 7.97. The van der Waals surface area contributed by atoms with Gasteiger partial charge in [0.15, 0.2) is 0 Å². The number of anilines is 1. The van der Waals surface area contributed by atoms with Crippen molar-refractivity contribution in [3.05, 3.63) is 29.1 Å². The largest absolute Gasteiger partial charge is 0.383 e. The standard InChI is InChI=1S/C20H33FN2/c1-6-16-11-15(3)17(21)12-18(16)22-14-20(9-8-10-23-20)13-19(4,5)7-2/h11-12,22-23H,6-10,13-14H2,1-5H3. The first-order valence-corrected chi connectivity index (χ1v) is 9.09. The molecular formula is C20H33FN2. The molecule has 1 heterocycles. The lowest BCUT2D eigenvalue weighted by Gasteiger charge is -2.38. The Morgan fingerprint density at radius 2 is 2.04 bits per heavy atom. The van der Waals surface area contributed by atoms with Gasteiger partial charge in [0.25, 0.3) is 0 Å². The summed E-state index contributed by atoms with van der Waals surface area (Å²) >= 11 is 0. The van der Waals surface area contributed by atoms with Crippen molar-refractivity contribution in [2.45, 2.75) is 72.3 Å². The van der Waals surface area contributed by atoms with Crippen LogP contribution in [0.1, 0.15) is 64.5 Å². The van der Waals surface area contributed by atoms with E-state index in [4.69, 9.17) is 0 Å². The predicted molar refractivity (Wildman–Crippen MR) is 97.7 cm³/mol. The fraction of sp³-hybridized carbons (Fsp3) is 0.700. The fourth-order valence-electron chi connectivity index (χ4n) is 3.74. The minimum absolute atomic E-state index is 0.119. The summed E-state index contributed by atoms with van der Waals surface area (Å²) in [6.45, 7) is 12.9. The first-order chi connectivity index (χ1) is 10.8. The smallest absolute Gasteiger partial charge is 0.128 e. The molecule has 130 valence electrons. The maximum absolute atomic E-state index is 14.0. The molecule has 3 heteroatoms. The molecule has 1 saturated heterocycles. The second kappa shape index (κ2) is 7.21. The lowest BCUT2D eigenvalue weighted by Crippen LogP contribution is -2.49. The number of hydrogen-bond acceptors (Lipinski definition) is 2. The molecule has 0 aromatic heterocycles. The van der Waals surface area contributed by atoms with Crippen LogP contribution < -0.4 is 10.6 Å². The van der Waals surface area contributed by atoms with Crippen molar-refractivity contribution in [2.75, 3.05) is 18.4 Å². The van der Waals surface area contributed by atoms with E-state index < -0.39 is 0 Å². The minimum atomic E-state index is -0.119. The summed E-state index contributed by atoms with van der Waals surface area (Å²) in [6, 6.07) is 3.64. The minimum Gasteiger partial charge on any atom is -0.383 e. The number of benzene rings is 1. The SMILES string of the molecule is CCc1cc(C)c(F)cc1NCC1(CC(C)(C)CC)CCCN1. The molecule has 23 heavy (non-hydrogen) atoms. The van der Waals surface area contributed by atoms with Crippen LogP contribution in [0.4, 0.5) is 10.1 Å². The van der Waals surface area contributed by atoms with Gasteiger partial charge in [0.1, 0.15) is 5.82 Å². The van der Waals surface area contributed by atoms with Gasteiger partial charge in [-0.1, -0.05) is 40.2 Å². The van der Waals surface area contributed by atoms with Crippen molar-refractivity contribution in [1.82, 2.24) is 5.32 Å². The highest BCUT2D eigenvalue weighted by molar-refractivity contribution is 5.53. The molecule has 0 aliphatic carbocycles. The Hall–Kier alpha value is -1.09. The normalized spacial score (nSPS) is 21.7. The van der Waals surface area contributed by atoms with Crippen LogP contribution in [0.2, 0.25) is 0 Å². The van der Waals surface area contributed by atoms with Crippen molar-refractivity contribution in [3.8, 4) is 0 Å². The van der Waals surface area contributed by atoms with Crippen LogP contribution in [0.25, 0.3) is 0 Å².